The quantitative estimate of drug-likeness (QED) is 0.617. The molecule has 1 aliphatic rings. The molecule has 0 spiro atoms. The monoisotopic (exact) mass is 156 g/mol. The lowest BCUT2D eigenvalue weighted by Crippen LogP contribution is -2.31. The molecule has 0 aromatic carbocycles. The molecule has 1 amide bonds. The number of nitrogens with two attached hydrogens (primary N) is 2. The van der Waals surface area contributed by atoms with E-state index in [9.17, 15) is 4.79 Å². The number of rotatable bonds is 4. The van der Waals surface area contributed by atoms with Gasteiger partial charge in [0.15, 0.2) is 0 Å². The standard InChI is InChI=1S/C8H16N2O/c9-7(5-8(10)11)4-6-2-1-3-6/h6-7H,1-5,9H2,(H2,10,11)/t7-/m0/s1. The van der Waals surface area contributed by atoms with E-state index in [1.807, 2.05) is 0 Å². The van der Waals surface area contributed by atoms with Gasteiger partial charge < -0.3 is 11.5 Å². The second-order valence-corrected chi connectivity index (χ2v) is 3.46. The molecule has 0 heterocycles. The lowest BCUT2D eigenvalue weighted by atomic mass is 9.80. The van der Waals surface area contributed by atoms with Gasteiger partial charge in [-0.05, 0) is 12.3 Å². The molecule has 11 heavy (non-hydrogen) atoms. The van der Waals surface area contributed by atoms with E-state index in [2.05, 4.69) is 0 Å². The van der Waals surface area contributed by atoms with Crippen molar-refractivity contribution in [2.24, 2.45) is 17.4 Å². The highest BCUT2D eigenvalue weighted by molar-refractivity contribution is 5.74. The maximum atomic E-state index is 10.4. The van der Waals surface area contributed by atoms with Crippen LogP contribution >= 0.6 is 0 Å². The number of hydrogen-bond donors (Lipinski definition) is 2. The summed E-state index contributed by atoms with van der Waals surface area (Å²) in [6.45, 7) is 0. The largest absolute Gasteiger partial charge is 0.370 e. The van der Waals surface area contributed by atoms with Crippen LogP contribution in [0.2, 0.25) is 0 Å². The predicted molar refractivity (Wildman–Crippen MR) is 43.7 cm³/mol. The summed E-state index contributed by atoms with van der Waals surface area (Å²) in [4.78, 5) is 10.4. The Morgan fingerprint density at radius 3 is 2.55 bits per heavy atom. The Kier molecular flexibility index (Phi) is 2.88. The molecule has 0 radical (unpaired) electrons. The summed E-state index contributed by atoms with van der Waals surface area (Å²) in [5, 5.41) is 0. The lowest BCUT2D eigenvalue weighted by Gasteiger charge is -2.27. The normalized spacial score (nSPS) is 20.8. The molecule has 0 aromatic heterocycles. The van der Waals surface area contributed by atoms with Crippen molar-refractivity contribution in [1.82, 2.24) is 0 Å². The summed E-state index contributed by atoms with van der Waals surface area (Å²) >= 11 is 0. The zero-order valence-electron chi connectivity index (χ0n) is 6.75. The number of carbonyl (C=O) groups excluding carboxylic acids is 1. The van der Waals surface area contributed by atoms with Crippen molar-refractivity contribution in [3.8, 4) is 0 Å². The van der Waals surface area contributed by atoms with Gasteiger partial charge in [0.1, 0.15) is 0 Å². The van der Waals surface area contributed by atoms with Gasteiger partial charge in [-0.3, -0.25) is 4.79 Å². The minimum absolute atomic E-state index is 0.00204. The Bertz CT molecular complexity index is 143. The van der Waals surface area contributed by atoms with Crippen molar-refractivity contribution in [2.45, 2.75) is 38.1 Å². The molecule has 0 bridgehead atoms. The smallest absolute Gasteiger partial charge is 0.218 e. The van der Waals surface area contributed by atoms with Gasteiger partial charge in [-0.1, -0.05) is 19.3 Å². The van der Waals surface area contributed by atoms with Crippen LogP contribution in [0.4, 0.5) is 0 Å². The maximum absolute atomic E-state index is 10.4. The van der Waals surface area contributed by atoms with Crippen molar-refractivity contribution in [3.63, 3.8) is 0 Å². The Balaban J connectivity index is 2.09. The van der Waals surface area contributed by atoms with Crippen LogP contribution in [0.15, 0.2) is 0 Å². The summed E-state index contributed by atoms with van der Waals surface area (Å²) < 4.78 is 0. The lowest BCUT2D eigenvalue weighted by molar-refractivity contribution is -0.118. The van der Waals surface area contributed by atoms with Gasteiger partial charge in [-0.2, -0.15) is 0 Å². The first-order valence-corrected chi connectivity index (χ1v) is 4.22. The molecule has 64 valence electrons. The average Bonchev–Trinajstić information content (AvgIpc) is 1.77. The van der Waals surface area contributed by atoms with Crippen LogP contribution in [0.5, 0.6) is 0 Å². The van der Waals surface area contributed by atoms with Crippen LogP contribution in [0.1, 0.15) is 32.1 Å². The van der Waals surface area contributed by atoms with Crippen molar-refractivity contribution in [2.75, 3.05) is 0 Å². The third kappa shape index (κ3) is 2.89. The zero-order valence-corrected chi connectivity index (χ0v) is 6.75. The van der Waals surface area contributed by atoms with Crippen molar-refractivity contribution in [1.29, 1.82) is 0 Å². The molecular formula is C8H16N2O. The second kappa shape index (κ2) is 3.72. The Hall–Kier alpha value is -0.570. The van der Waals surface area contributed by atoms with Crippen molar-refractivity contribution >= 4 is 5.91 Å². The average molecular weight is 156 g/mol. The topological polar surface area (TPSA) is 69.1 Å². The first kappa shape index (κ1) is 8.53. The minimum Gasteiger partial charge on any atom is -0.370 e. The van der Waals surface area contributed by atoms with Crippen LogP contribution in [0.25, 0.3) is 0 Å². The van der Waals surface area contributed by atoms with E-state index in [0.717, 1.165) is 12.3 Å². The Morgan fingerprint density at radius 2 is 2.18 bits per heavy atom. The molecular weight excluding hydrogens is 140 g/mol. The predicted octanol–water partition coefficient (Wildman–Crippen LogP) is 0.379. The molecule has 3 nitrogen and oxygen atoms in total. The maximum Gasteiger partial charge on any atom is 0.218 e. The summed E-state index contributed by atoms with van der Waals surface area (Å²) in [5.41, 5.74) is 10.7. The Morgan fingerprint density at radius 1 is 1.55 bits per heavy atom. The van der Waals surface area contributed by atoms with E-state index in [1.165, 1.54) is 19.3 Å². The van der Waals surface area contributed by atoms with Crippen molar-refractivity contribution in [3.05, 3.63) is 0 Å². The summed E-state index contributed by atoms with van der Waals surface area (Å²) in [6, 6.07) is -0.00204. The molecule has 4 N–H and O–H groups in total. The van der Waals surface area contributed by atoms with Crippen LogP contribution in [-0.2, 0) is 4.79 Å². The third-order valence-corrected chi connectivity index (χ3v) is 2.32. The summed E-state index contributed by atoms with van der Waals surface area (Å²) in [5.74, 6) is 0.487. The van der Waals surface area contributed by atoms with Crippen molar-refractivity contribution < 1.29 is 4.79 Å². The number of amides is 1. The van der Waals surface area contributed by atoms with Gasteiger partial charge in [0.2, 0.25) is 5.91 Å². The molecule has 1 aliphatic carbocycles. The van der Waals surface area contributed by atoms with E-state index in [1.54, 1.807) is 0 Å². The Labute approximate surface area is 67.1 Å². The van der Waals surface area contributed by atoms with Crippen LogP contribution in [0, 0.1) is 5.92 Å². The van der Waals surface area contributed by atoms with Gasteiger partial charge in [-0.25, -0.2) is 0 Å². The molecule has 0 aliphatic heterocycles. The van der Waals surface area contributed by atoms with E-state index in [-0.39, 0.29) is 11.9 Å². The molecule has 1 fully saturated rings. The minimum atomic E-state index is -0.281. The van der Waals surface area contributed by atoms with E-state index in [0.29, 0.717) is 6.42 Å². The van der Waals surface area contributed by atoms with Gasteiger partial charge in [0, 0.05) is 12.5 Å². The highest BCUT2D eigenvalue weighted by Crippen LogP contribution is 2.30. The number of carbonyl (C=O) groups is 1. The molecule has 1 atom stereocenters. The summed E-state index contributed by atoms with van der Waals surface area (Å²) in [7, 11) is 0. The van der Waals surface area contributed by atoms with Gasteiger partial charge in [0.05, 0.1) is 0 Å². The van der Waals surface area contributed by atoms with Gasteiger partial charge in [-0.15, -0.1) is 0 Å². The number of hydrogen-bond acceptors (Lipinski definition) is 2. The van der Waals surface area contributed by atoms with E-state index >= 15 is 0 Å². The molecule has 0 aromatic rings. The summed E-state index contributed by atoms with van der Waals surface area (Å²) in [6.07, 6.45) is 5.21. The van der Waals surface area contributed by atoms with Crippen LogP contribution < -0.4 is 11.5 Å². The molecule has 0 saturated heterocycles. The fraction of sp³-hybridized carbons (Fsp3) is 0.875. The SMILES string of the molecule is NC(=O)C[C@@H](N)CC1CCC1. The zero-order chi connectivity index (χ0) is 8.27. The highest BCUT2D eigenvalue weighted by atomic mass is 16.1. The first-order valence-electron chi connectivity index (χ1n) is 4.22. The number of primary amides is 1. The molecule has 1 rings (SSSR count). The third-order valence-electron chi connectivity index (χ3n) is 2.32. The van der Waals surface area contributed by atoms with Crippen LogP contribution in [-0.4, -0.2) is 11.9 Å². The molecule has 3 heteroatoms. The fourth-order valence-corrected chi connectivity index (χ4v) is 1.50. The van der Waals surface area contributed by atoms with E-state index < -0.39 is 0 Å². The first-order chi connectivity index (χ1) is 5.18. The van der Waals surface area contributed by atoms with Gasteiger partial charge >= 0.3 is 0 Å². The second-order valence-electron chi connectivity index (χ2n) is 3.46. The molecule has 1 saturated carbocycles. The van der Waals surface area contributed by atoms with Gasteiger partial charge in [0.25, 0.3) is 0 Å². The molecule has 0 unspecified atom stereocenters. The fourth-order valence-electron chi connectivity index (χ4n) is 1.50. The van der Waals surface area contributed by atoms with Crippen LogP contribution in [0.3, 0.4) is 0 Å². The highest BCUT2D eigenvalue weighted by Gasteiger charge is 2.20. The van der Waals surface area contributed by atoms with E-state index in [4.69, 9.17) is 11.5 Å².